The lowest BCUT2D eigenvalue weighted by Crippen LogP contribution is -2.59. The summed E-state index contributed by atoms with van der Waals surface area (Å²) in [4.78, 5) is 5.28. The van der Waals surface area contributed by atoms with Crippen LogP contribution in [0.2, 0.25) is 5.02 Å². The predicted molar refractivity (Wildman–Crippen MR) is 89.8 cm³/mol. The third-order valence-electron chi connectivity index (χ3n) is 4.75. The van der Waals surface area contributed by atoms with Gasteiger partial charge in [-0.15, -0.1) is 0 Å². The lowest BCUT2D eigenvalue weighted by molar-refractivity contribution is 0.111. The average molecular weight is 358 g/mol. The molecule has 2 fully saturated rings. The summed E-state index contributed by atoms with van der Waals surface area (Å²) in [6.07, 6.45) is 5.29. The summed E-state index contributed by atoms with van der Waals surface area (Å²) >= 11 is 9.76. The summed E-state index contributed by atoms with van der Waals surface area (Å²) in [5.74, 6) is 0. The van der Waals surface area contributed by atoms with E-state index in [0.29, 0.717) is 6.04 Å². The van der Waals surface area contributed by atoms with Gasteiger partial charge in [-0.1, -0.05) is 24.9 Å². The van der Waals surface area contributed by atoms with Crippen LogP contribution in [-0.4, -0.2) is 36.6 Å². The zero-order valence-electron chi connectivity index (χ0n) is 12.0. The van der Waals surface area contributed by atoms with Crippen molar-refractivity contribution in [1.82, 2.24) is 4.90 Å². The molecule has 0 spiro atoms. The molecule has 1 aromatic rings. The van der Waals surface area contributed by atoms with E-state index in [2.05, 4.69) is 50.9 Å². The van der Waals surface area contributed by atoms with Gasteiger partial charge in [0, 0.05) is 35.3 Å². The Morgan fingerprint density at radius 1 is 1.30 bits per heavy atom. The predicted octanol–water partition coefficient (Wildman–Crippen LogP) is 4.56. The highest BCUT2D eigenvalue weighted by Crippen LogP contribution is 2.33. The van der Waals surface area contributed by atoms with E-state index in [1.165, 1.54) is 44.5 Å². The fourth-order valence-electron chi connectivity index (χ4n) is 3.58. The number of anilines is 1. The Labute approximate surface area is 135 Å². The number of hydrogen-bond donors (Lipinski definition) is 0. The van der Waals surface area contributed by atoms with Crippen molar-refractivity contribution >= 4 is 33.2 Å². The maximum Gasteiger partial charge on any atom is 0.0568 e. The van der Waals surface area contributed by atoms with Crippen LogP contribution in [0, 0.1) is 0 Å². The standard InChI is InChI=1S/C16H22BrClN2/c1-2-12-10-19-8-4-3-5-14(19)11-20(12)13-6-7-15(17)16(18)9-13/h6-7,9,12,14H,2-5,8,10-11H2,1H3. The van der Waals surface area contributed by atoms with Gasteiger partial charge in [0.1, 0.15) is 0 Å². The van der Waals surface area contributed by atoms with Crippen LogP contribution < -0.4 is 4.90 Å². The van der Waals surface area contributed by atoms with Crippen LogP contribution in [0.3, 0.4) is 0 Å². The number of piperazine rings is 1. The van der Waals surface area contributed by atoms with Crippen LogP contribution >= 0.6 is 27.5 Å². The van der Waals surface area contributed by atoms with Gasteiger partial charge in [-0.05, 0) is 59.9 Å². The molecule has 0 amide bonds. The molecular formula is C16H22BrClN2. The Bertz CT molecular complexity index is 480. The summed E-state index contributed by atoms with van der Waals surface area (Å²) in [6, 6.07) is 7.71. The van der Waals surface area contributed by atoms with Gasteiger partial charge < -0.3 is 4.90 Å². The van der Waals surface area contributed by atoms with Crippen molar-refractivity contribution in [1.29, 1.82) is 0 Å². The molecule has 2 unspecified atom stereocenters. The Balaban J connectivity index is 1.84. The van der Waals surface area contributed by atoms with E-state index in [0.717, 1.165) is 22.1 Å². The summed E-state index contributed by atoms with van der Waals surface area (Å²) in [5, 5.41) is 0.809. The first-order chi connectivity index (χ1) is 9.69. The van der Waals surface area contributed by atoms with Crippen molar-refractivity contribution in [2.24, 2.45) is 0 Å². The van der Waals surface area contributed by atoms with E-state index in [-0.39, 0.29) is 0 Å². The number of benzene rings is 1. The lowest BCUT2D eigenvalue weighted by Gasteiger charge is -2.49. The third kappa shape index (κ3) is 2.86. The molecule has 0 saturated carbocycles. The van der Waals surface area contributed by atoms with Gasteiger partial charge in [0.2, 0.25) is 0 Å². The summed E-state index contributed by atoms with van der Waals surface area (Å²) in [6.45, 7) is 5.93. The van der Waals surface area contributed by atoms with Crippen LogP contribution in [0.15, 0.2) is 22.7 Å². The quantitative estimate of drug-likeness (QED) is 0.766. The third-order valence-corrected chi connectivity index (χ3v) is 5.98. The van der Waals surface area contributed by atoms with Crippen LogP contribution in [0.25, 0.3) is 0 Å². The SMILES string of the molecule is CCC1CN2CCCCC2CN1c1ccc(Br)c(Cl)c1. The molecule has 2 nitrogen and oxygen atoms in total. The highest BCUT2D eigenvalue weighted by Gasteiger charge is 2.34. The first kappa shape index (κ1) is 14.7. The van der Waals surface area contributed by atoms with Gasteiger partial charge in [-0.25, -0.2) is 0 Å². The minimum atomic E-state index is 0.613. The zero-order chi connectivity index (χ0) is 14.1. The topological polar surface area (TPSA) is 6.48 Å². The molecule has 20 heavy (non-hydrogen) atoms. The molecule has 3 rings (SSSR count). The molecule has 0 aliphatic carbocycles. The van der Waals surface area contributed by atoms with Gasteiger partial charge in [0.15, 0.2) is 0 Å². The molecule has 0 aromatic heterocycles. The summed E-state index contributed by atoms with van der Waals surface area (Å²) < 4.78 is 0.979. The van der Waals surface area contributed by atoms with Gasteiger partial charge in [-0.3, -0.25) is 4.90 Å². The lowest BCUT2D eigenvalue weighted by atomic mass is 9.95. The molecule has 2 heterocycles. The zero-order valence-corrected chi connectivity index (χ0v) is 14.3. The van der Waals surface area contributed by atoms with Crippen molar-refractivity contribution in [2.75, 3.05) is 24.5 Å². The molecule has 110 valence electrons. The van der Waals surface area contributed by atoms with Crippen LogP contribution in [0.5, 0.6) is 0 Å². The van der Waals surface area contributed by atoms with Crippen molar-refractivity contribution in [3.63, 3.8) is 0 Å². The molecule has 0 N–H and O–H groups in total. The summed E-state index contributed by atoms with van der Waals surface area (Å²) in [5.41, 5.74) is 1.27. The smallest absolute Gasteiger partial charge is 0.0568 e. The Morgan fingerprint density at radius 3 is 2.90 bits per heavy atom. The Hall–Kier alpha value is -0.250. The van der Waals surface area contributed by atoms with E-state index in [9.17, 15) is 0 Å². The van der Waals surface area contributed by atoms with Gasteiger partial charge in [-0.2, -0.15) is 0 Å². The van der Waals surface area contributed by atoms with E-state index < -0.39 is 0 Å². The van der Waals surface area contributed by atoms with Crippen molar-refractivity contribution in [3.05, 3.63) is 27.7 Å². The first-order valence-electron chi connectivity index (χ1n) is 7.64. The van der Waals surface area contributed by atoms with E-state index in [4.69, 9.17) is 11.6 Å². The average Bonchev–Trinajstić information content (AvgIpc) is 2.48. The molecule has 0 bridgehead atoms. The van der Waals surface area contributed by atoms with Crippen LogP contribution in [-0.2, 0) is 0 Å². The van der Waals surface area contributed by atoms with Crippen LogP contribution in [0.1, 0.15) is 32.6 Å². The molecule has 2 saturated heterocycles. The maximum absolute atomic E-state index is 6.28. The number of halogens is 2. The van der Waals surface area contributed by atoms with Crippen LogP contribution in [0.4, 0.5) is 5.69 Å². The summed E-state index contributed by atoms with van der Waals surface area (Å²) in [7, 11) is 0. The monoisotopic (exact) mass is 356 g/mol. The van der Waals surface area contributed by atoms with Crippen molar-refractivity contribution in [2.45, 2.75) is 44.7 Å². The van der Waals surface area contributed by atoms with Crippen molar-refractivity contribution in [3.8, 4) is 0 Å². The molecule has 2 aliphatic rings. The Kier molecular flexibility index (Phi) is 4.58. The molecule has 2 atom stereocenters. The minimum absolute atomic E-state index is 0.613. The molecule has 1 aromatic carbocycles. The van der Waals surface area contributed by atoms with E-state index in [1.807, 2.05) is 0 Å². The molecular weight excluding hydrogens is 336 g/mol. The first-order valence-corrected chi connectivity index (χ1v) is 8.82. The number of nitrogens with zero attached hydrogens (tertiary/aromatic N) is 2. The highest BCUT2D eigenvalue weighted by molar-refractivity contribution is 9.10. The maximum atomic E-state index is 6.28. The largest absolute Gasteiger partial charge is 0.366 e. The van der Waals surface area contributed by atoms with Crippen molar-refractivity contribution < 1.29 is 0 Å². The van der Waals surface area contributed by atoms with E-state index in [1.54, 1.807) is 0 Å². The number of fused-ring (bicyclic) bond motifs is 1. The highest BCUT2D eigenvalue weighted by atomic mass is 79.9. The normalized spacial score (nSPS) is 27.4. The fourth-order valence-corrected chi connectivity index (χ4v) is 4.00. The number of hydrogen-bond acceptors (Lipinski definition) is 2. The van der Waals surface area contributed by atoms with Gasteiger partial charge in [0.25, 0.3) is 0 Å². The Morgan fingerprint density at radius 2 is 2.15 bits per heavy atom. The van der Waals surface area contributed by atoms with Gasteiger partial charge >= 0.3 is 0 Å². The molecule has 0 radical (unpaired) electrons. The minimum Gasteiger partial charge on any atom is -0.366 e. The van der Waals surface area contributed by atoms with E-state index >= 15 is 0 Å². The van der Waals surface area contributed by atoms with Gasteiger partial charge in [0.05, 0.1) is 5.02 Å². The second kappa shape index (κ2) is 6.25. The number of rotatable bonds is 2. The molecule has 4 heteroatoms. The fraction of sp³-hybridized carbons (Fsp3) is 0.625. The molecule has 2 aliphatic heterocycles. The number of piperidine rings is 1. The second-order valence-electron chi connectivity index (χ2n) is 5.96. The second-order valence-corrected chi connectivity index (χ2v) is 7.22.